The molecule has 1 unspecified atom stereocenters. The lowest BCUT2D eigenvalue weighted by Gasteiger charge is -2.27. The van der Waals surface area contributed by atoms with Crippen molar-refractivity contribution in [3.05, 3.63) is 17.5 Å². The van der Waals surface area contributed by atoms with Gasteiger partial charge in [-0.05, 0) is 19.9 Å². The zero-order valence-corrected chi connectivity index (χ0v) is 11.0. The minimum absolute atomic E-state index is 0.298. The summed E-state index contributed by atoms with van der Waals surface area (Å²) in [5.41, 5.74) is 7.39. The molecule has 1 aromatic rings. The first-order valence-electron chi connectivity index (χ1n) is 6.34. The number of hydrogen-bond acceptors (Lipinski definition) is 4. The number of aryl methyl sites for hydroxylation is 2. The highest BCUT2D eigenvalue weighted by atomic mass is 16.1. The van der Waals surface area contributed by atoms with E-state index in [4.69, 9.17) is 5.73 Å². The average molecular weight is 251 g/mol. The maximum atomic E-state index is 11.8. The molecule has 0 spiro atoms. The Balaban J connectivity index is 2.27. The second kappa shape index (κ2) is 5.49. The van der Waals surface area contributed by atoms with E-state index in [1.54, 1.807) is 4.68 Å². The van der Waals surface area contributed by atoms with Gasteiger partial charge in [0.2, 0.25) is 5.91 Å². The van der Waals surface area contributed by atoms with Crippen LogP contribution in [-0.2, 0) is 11.8 Å². The van der Waals surface area contributed by atoms with Crippen LogP contribution in [0.3, 0.4) is 0 Å². The number of amides is 1. The summed E-state index contributed by atoms with van der Waals surface area (Å²) in [5, 5.41) is 7.63. The summed E-state index contributed by atoms with van der Waals surface area (Å²) in [4.78, 5) is 13.9. The first-order valence-corrected chi connectivity index (χ1v) is 6.34. The second-order valence-corrected chi connectivity index (χ2v) is 4.79. The molecule has 1 aromatic heterocycles. The molecule has 1 atom stereocenters. The van der Waals surface area contributed by atoms with Crippen molar-refractivity contribution >= 4 is 5.91 Å². The van der Waals surface area contributed by atoms with Crippen molar-refractivity contribution in [1.29, 1.82) is 0 Å². The number of nitrogens with zero attached hydrogens (tertiary/aromatic N) is 3. The molecule has 0 radical (unpaired) electrons. The van der Waals surface area contributed by atoms with E-state index in [2.05, 4.69) is 15.3 Å². The first-order chi connectivity index (χ1) is 8.59. The molecule has 3 N–H and O–H groups in total. The van der Waals surface area contributed by atoms with Crippen molar-refractivity contribution < 1.29 is 4.79 Å². The van der Waals surface area contributed by atoms with Crippen molar-refractivity contribution in [3.8, 4) is 0 Å². The number of nitrogens with one attached hydrogen (secondary N) is 1. The number of aromatic nitrogens is 2. The van der Waals surface area contributed by atoms with Crippen LogP contribution in [0, 0.1) is 6.92 Å². The minimum atomic E-state index is -0.362. The molecule has 1 amide bonds. The van der Waals surface area contributed by atoms with E-state index in [1.165, 1.54) is 0 Å². The van der Waals surface area contributed by atoms with E-state index in [9.17, 15) is 4.79 Å². The highest BCUT2D eigenvalue weighted by molar-refractivity contribution is 5.81. The summed E-state index contributed by atoms with van der Waals surface area (Å²) in [6.07, 6.45) is 2.92. The van der Waals surface area contributed by atoms with Gasteiger partial charge >= 0.3 is 0 Å². The van der Waals surface area contributed by atoms with Crippen molar-refractivity contribution in [1.82, 2.24) is 20.0 Å². The van der Waals surface area contributed by atoms with Gasteiger partial charge in [0.05, 0.1) is 5.69 Å². The van der Waals surface area contributed by atoms with Crippen molar-refractivity contribution in [2.24, 2.45) is 12.8 Å². The Kier molecular flexibility index (Phi) is 3.98. The summed E-state index contributed by atoms with van der Waals surface area (Å²) in [6.45, 7) is 5.52. The minimum Gasteiger partial charge on any atom is -0.368 e. The zero-order chi connectivity index (χ0) is 13.1. The number of carbonyl (C=O) groups excluding carboxylic acids is 1. The van der Waals surface area contributed by atoms with Crippen LogP contribution >= 0.6 is 0 Å². The van der Waals surface area contributed by atoms with Gasteiger partial charge in [0.1, 0.15) is 6.04 Å². The van der Waals surface area contributed by atoms with Gasteiger partial charge in [-0.15, -0.1) is 0 Å². The predicted octanol–water partition coefficient (Wildman–Crippen LogP) is -0.450. The fourth-order valence-electron chi connectivity index (χ4n) is 2.54. The van der Waals surface area contributed by atoms with Gasteiger partial charge in [-0.1, -0.05) is 0 Å². The molecular weight excluding hydrogens is 230 g/mol. The van der Waals surface area contributed by atoms with Gasteiger partial charge in [0.15, 0.2) is 0 Å². The molecule has 0 saturated carbocycles. The smallest absolute Gasteiger partial charge is 0.239 e. The van der Waals surface area contributed by atoms with Gasteiger partial charge in [-0.25, -0.2) is 0 Å². The molecule has 6 nitrogen and oxygen atoms in total. The molecule has 0 aliphatic carbocycles. The van der Waals surface area contributed by atoms with Crippen LogP contribution in [0.15, 0.2) is 6.20 Å². The second-order valence-electron chi connectivity index (χ2n) is 4.79. The fraction of sp³-hybridized carbons (Fsp3) is 0.667. The standard InChI is InChI=1S/C12H21N5O/c1-9-10(8-16(2)15-9)11(12(13)18)17-6-3-4-14-5-7-17/h8,11,14H,3-7H2,1-2H3,(H2,13,18). The zero-order valence-electron chi connectivity index (χ0n) is 11.0. The Bertz CT molecular complexity index is 420. The van der Waals surface area contributed by atoms with Crippen LogP contribution in [0.25, 0.3) is 0 Å². The maximum Gasteiger partial charge on any atom is 0.239 e. The molecule has 2 heterocycles. The topological polar surface area (TPSA) is 76.2 Å². The molecule has 1 aliphatic rings. The lowest BCUT2D eigenvalue weighted by atomic mass is 10.1. The molecule has 1 saturated heterocycles. The molecular formula is C12H21N5O. The third-order valence-electron chi connectivity index (χ3n) is 3.36. The SMILES string of the molecule is Cc1nn(C)cc1C(C(N)=O)N1CCCNCC1. The van der Waals surface area contributed by atoms with Crippen LogP contribution in [0.2, 0.25) is 0 Å². The monoisotopic (exact) mass is 251 g/mol. The number of nitrogens with two attached hydrogens (primary N) is 1. The van der Waals surface area contributed by atoms with Gasteiger partial charge in [-0.3, -0.25) is 14.4 Å². The Morgan fingerprint density at radius 3 is 2.89 bits per heavy atom. The summed E-state index contributed by atoms with van der Waals surface area (Å²) < 4.78 is 1.73. The molecule has 6 heteroatoms. The summed E-state index contributed by atoms with van der Waals surface area (Å²) in [7, 11) is 1.86. The predicted molar refractivity (Wildman–Crippen MR) is 68.9 cm³/mol. The molecule has 0 bridgehead atoms. The van der Waals surface area contributed by atoms with Gasteiger partial charge < -0.3 is 11.1 Å². The number of carbonyl (C=O) groups is 1. The quantitative estimate of drug-likeness (QED) is 0.763. The van der Waals surface area contributed by atoms with Crippen molar-refractivity contribution in [2.75, 3.05) is 26.2 Å². The van der Waals surface area contributed by atoms with Gasteiger partial charge in [0, 0.05) is 38.4 Å². The average Bonchev–Trinajstić information content (AvgIpc) is 2.54. The van der Waals surface area contributed by atoms with Gasteiger partial charge in [-0.2, -0.15) is 5.10 Å². The van der Waals surface area contributed by atoms with Crippen LogP contribution in [0.5, 0.6) is 0 Å². The van der Waals surface area contributed by atoms with E-state index in [1.807, 2.05) is 20.2 Å². The molecule has 2 rings (SSSR count). The highest BCUT2D eigenvalue weighted by Gasteiger charge is 2.28. The largest absolute Gasteiger partial charge is 0.368 e. The van der Waals surface area contributed by atoms with Crippen LogP contribution in [0.1, 0.15) is 23.7 Å². The Morgan fingerprint density at radius 1 is 1.50 bits per heavy atom. The van der Waals surface area contributed by atoms with Crippen LogP contribution < -0.4 is 11.1 Å². The third kappa shape index (κ3) is 2.70. The summed E-state index contributed by atoms with van der Waals surface area (Å²) in [6, 6.07) is -0.362. The molecule has 18 heavy (non-hydrogen) atoms. The molecule has 1 aliphatic heterocycles. The van der Waals surface area contributed by atoms with Gasteiger partial charge in [0.25, 0.3) is 0 Å². The van der Waals surface area contributed by atoms with Crippen molar-refractivity contribution in [2.45, 2.75) is 19.4 Å². The normalized spacial score (nSPS) is 19.4. The third-order valence-corrected chi connectivity index (χ3v) is 3.36. The molecule has 1 fully saturated rings. The van der Waals surface area contributed by atoms with Crippen LogP contribution in [0.4, 0.5) is 0 Å². The maximum absolute atomic E-state index is 11.8. The molecule has 100 valence electrons. The van der Waals surface area contributed by atoms with E-state index < -0.39 is 0 Å². The number of hydrogen-bond donors (Lipinski definition) is 2. The Morgan fingerprint density at radius 2 is 2.28 bits per heavy atom. The number of primary amides is 1. The lowest BCUT2D eigenvalue weighted by molar-refractivity contribution is -0.123. The number of rotatable bonds is 3. The van der Waals surface area contributed by atoms with Crippen LogP contribution in [-0.4, -0.2) is 46.8 Å². The van der Waals surface area contributed by atoms with E-state index in [0.717, 1.165) is 43.9 Å². The highest BCUT2D eigenvalue weighted by Crippen LogP contribution is 2.23. The molecule has 0 aromatic carbocycles. The van der Waals surface area contributed by atoms with Crippen molar-refractivity contribution in [3.63, 3.8) is 0 Å². The Hall–Kier alpha value is -1.40. The van der Waals surface area contributed by atoms with E-state index in [0.29, 0.717) is 0 Å². The lowest BCUT2D eigenvalue weighted by Crippen LogP contribution is -2.40. The summed E-state index contributed by atoms with van der Waals surface area (Å²) >= 11 is 0. The van der Waals surface area contributed by atoms with E-state index in [-0.39, 0.29) is 11.9 Å². The summed E-state index contributed by atoms with van der Waals surface area (Å²) in [5.74, 6) is -0.298. The first kappa shape index (κ1) is 13.0. The van der Waals surface area contributed by atoms with E-state index >= 15 is 0 Å². The Labute approximate surface area is 107 Å². The fourth-order valence-corrected chi connectivity index (χ4v) is 2.54.